The molecule has 0 spiro atoms. The highest BCUT2D eigenvalue weighted by molar-refractivity contribution is 6.08. The van der Waals surface area contributed by atoms with Crippen LogP contribution in [0.4, 0.5) is 0 Å². The third-order valence-corrected chi connectivity index (χ3v) is 1.21. The molecule has 0 aromatic heterocycles. The van der Waals surface area contributed by atoms with Crippen LogP contribution < -0.4 is 5.32 Å². The molecule has 0 aromatic carbocycles. The third-order valence-electron chi connectivity index (χ3n) is 1.21. The fourth-order valence-corrected chi connectivity index (χ4v) is 0.577. The van der Waals surface area contributed by atoms with Crippen molar-refractivity contribution in [1.82, 2.24) is 5.32 Å². The van der Waals surface area contributed by atoms with Gasteiger partial charge in [-0.05, 0) is 20.4 Å². The Labute approximate surface area is 46.9 Å². The van der Waals surface area contributed by atoms with Crippen LogP contribution in [-0.2, 0) is 0 Å². The average molecular weight is 99.0 g/mol. The maximum atomic E-state index is 3.17. The van der Waals surface area contributed by atoms with Crippen LogP contribution in [0.25, 0.3) is 0 Å². The topological polar surface area (TPSA) is 12.0 Å². The smallest absolute Gasteiger partial charge is 0.101 e. The van der Waals surface area contributed by atoms with E-state index in [9.17, 15) is 0 Å². The number of hydrogen-bond acceptors (Lipinski definition) is 1. The van der Waals surface area contributed by atoms with Crippen molar-refractivity contribution in [2.45, 2.75) is 25.7 Å². The zero-order valence-corrected chi connectivity index (χ0v) is 5.49. The van der Waals surface area contributed by atoms with E-state index in [1.807, 2.05) is 7.05 Å². The molecule has 0 aliphatic heterocycles. The van der Waals surface area contributed by atoms with Crippen molar-refractivity contribution in [2.24, 2.45) is 0 Å². The average Bonchev–Trinajstić information content (AvgIpc) is 1.68. The summed E-state index contributed by atoms with van der Waals surface area (Å²) in [4.78, 5) is 0. The van der Waals surface area contributed by atoms with Crippen LogP contribution in [0.2, 0.25) is 6.32 Å². The van der Waals surface area contributed by atoms with Gasteiger partial charge in [0.1, 0.15) is 7.85 Å². The van der Waals surface area contributed by atoms with Crippen LogP contribution in [0.3, 0.4) is 0 Å². The minimum absolute atomic E-state index is 0.699. The molecule has 1 N–H and O–H groups in total. The second-order valence-corrected chi connectivity index (χ2v) is 1.98. The third kappa shape index (κ3) is 3.87. The number of hydrogen-bond donors (Lipinski definition) is 1. The lowest BCUT2D eigenvalue weighted by Gasteiger charge is -2.05. The fraction of sp³-hybridized carbons (Fsp3) is 1.00. The molecular weight excluding hydrogens is 84.9 g/mol. The summed E-state index contributed by atoms with van der Waals surface area (Å²) in [6.07, 6.45) is 2.57. The molecule has 0 rings (SSSR count). The van der Waals surface area contributed by atoms with Crippen LogP contribution in [0, 0.1) is 0 Å². The first-order valence-corrected chi connectivity index (χ1v) is 2.98. The summed E-state index contributed by atoms with van der Waals surface area (Å²) < 4.78 is 0. The first-order valence-electron chi connectivity index (χ1n) is 2.98. The molecule has 1 unspecified atom stereocenters. The van der Waals surface area contributed by atoms with E-state index in [-0.39, 0.29) is 0 Å². The monoisotopic (exact) mass is 99.1 g/mol. The highest BCUT2D eigenvalue weighted by Gasteiger charge is 1.91. The van der Waals surface area contributed by atoms with Gasteiger partial charge in [-0.15, -0.1) is 0 Å². The Morgan fingerprint density at radius 1 is 1.71 bits per heavy atom. The largest absolute Gasteiger partial charge is 0.317 e. The van der Waals surface area contributed by atoms with E-state index in [1.165, 1.54) is 12.7 Å². The maximum Gasteiger partial charge on any atom is 0.101 e. The summed E-state index contributed by atoms with van der Waals surface area (Å²) >= 11 is 0. The first-order chi connectivity index (χ1) is 3.31. The normalized spacial score (nSPS) is 14.0. The van der Waals surface area contributed by atoms with E-state index in [2.05, 4.69) is 20.1 Å². The molecule has 7 heavy (non-hydrogen) atoms. The van der Waals surface area contributed by atoms with E-state index in [4.69, 9.17) is 0 Å². The van der Waals surface area contributed by atoms with Gasteiger partial charge in [0.25, 0.3) is 0 Å². The van der Waals surface area contributed by atoms with Gasteiger partial charge in [0, 0.05) is 6.04 Å². The number of nitrogens with one attached hydrogen (secondary N) is 1. The molecule has 2 heteroatoms. The molecule has 1 nitrogen and oxygen atoms in total. The molecule has 0 saturated carbocycles. The Balaban J connectivity index is 2.83. The summed E-state index contributed by atoms with van der Waals surface area (Å²) in [7, 11) is 4.20. The predicted octanol–water partition coefficient (Wildman–Crippen LogP) is 0.0358. The Morgan fingerprint density at radius 3 is 2.43 bits per heavy atom. The summed E-state index contributed by atoms with van der Waals surface area (Å²) in [5, 5.41) is 3.17. The van der Waals surface area contributed by atoms with Gasteiger partial charge in [-0.2, -0.15) is 0 Å². The van der Waals surface area contributed by atoms with E-state index in [1.54, 1.807) is 0 Å². The van der Waals surface area contributed by atoms with Crippen LogP contribution >= 0.6 is 0 Å². The fourth-order valence-electron chi connectivity index (χ4n) is 0.577. The lowest BCUT2D eigenvalue weighted by molar-refractivity contribution is 0.593. The van der Waals surface area contributed by atoms with Crippen molar-refractivity contribution in [2.75, 3.05) is 7.05 Å². The molecule has 0 aliphatic carbocycles. The zero-order valence-electron chi connectivity index (χ0n) is 5.49. The minimum atomic E-state index is 0.699. The van der Waals surface area contributed by atoms with Gasteiger partial charge >= 0.3 is 0 Å². The van der Waals surface area contributed by atoms with Crippen molar-refractivity contribution < 1.29 is 0 Å². The van der Waals surface area contributed by atoms with Gasteiger partial charge in [-0.3, -0.25) is 0 Å². The van der Waals surface area contributed by atoms with Crippen molar-refractivity contribution in [3.05, 3.63) is 0 Å². The molecule has 0 amide bonds. The minimum Gasteiger partial charge on any atom is -0.317 e. The van der Waals surface area contributed by atoms with Crippen molar-refractivity contribution in [3.8, 4) is 0 Å². The van der Waals surface area contributed by atoms with Gasteiger partial charge in [0.2, 0.25) is 0 Å². The lowest BCUT2D eigenvalue weighted by Crippen LogP contribution is -2.20. The molecule has 0 aliphatic rings. The van der Waals surface area contributed by atoms with Gasteiger partial charge < -0.3 is 5.32 Å². The van der Waals surface area contributed by atoms with Crippen molar-refractivity contribution >= 4 is 7.85 Å². The summed E-state index contributed by atoms with van der Waals surface area (Å²) in [5.41, 5.74) is 0. The molecule has 42 valence electrons. The second-order valence-electron chi connectivity index (χ2n) is 1.98. The van der Waals surface area contributed by atoms with E-state index in [0.29, 0.717) is 6.04 Å². The van der Waals surface area contributed by atoms with Crippen LogP contribution in [0.5, 0.6) is 0 Å². The van der Waals surface area contributed by atoms with Crippen LogP contribution in [-0.4, -0.2) is 20.9 Å². The standard InChI is InChI=1S/C5H14BN/c1-5(7-2)3-4-6/h5,7H,3-4,6H2,1-2H3. The van der Waals surface area contributed by atoms with E-state index >= 15 is 0 Å². The molecule has 0 aromatic rings. The molecule has 0 radical (unpaired) electrons. The van der Waals surface area contributed by atoms with Crippen LogP contribution in [0.1, 0.15) is 13.3 Å². The molecule has 0 heterocycles. The van der Waals surface area contributed by atoms with E-state index < -0.39 is 0 Å². The Bertz CT molecular complexity index is 39.1. The maximum absolute atomic E-state index is 3.17. The highest BCUT2D eigenvalue weighted by Crippen LogP contribution is 1.90. The summed E-state index contributed by atoms with van der Waals surface area (Å²) in [6.45, 7) is 2.20. The Hall–Kier alpha value is 0.0249. The van der Waals surface area contributed by atoms with Gasteiger partial charge in [0.05, 0.1) is 0 Å². The Kier molecular flexibility index (Phi) is 4.21. The number of rotatable bonds is 3. The summed E-state index contributed by atoms with van der Waals surface area (Å²) in [6, 6.07) is 0.699. The van der Waals surface area contributed by atoms with Crippen LogP contribution in [0.15, 0.2) is 0 Å². The molecule has 0 saturated heterocycles. The van der Waals surface area contributed by atoms with Gasteiger partial charge in [-0.25, -0.2) is 0 Å². The molecule has 0 bridgehead atoms. The predicted molar refractivity (Wildman–Crippen MR) is 36.5 cm³/mol. The van der Waals surface area contributed by atoms with Crippen molar-refractivity contribution in [3.63, 3.8) is 0 Å². The van der Waals surface area contributed by atoms with Crippen molar-refractivity contribution in [1.29, 1.82) is 0 Å². The highest BCUT2D eigenvalue weighted by atomic mass is 14.8. The Morgan fingerprint density at radius 2 is 2.29 bits per heavy atom. The lowest BCUT2D eigenvalue weighted by atomic mass is 9.99. The van der Waals surface area contributed by atoms with Gasteiger partial charge in [-0.1, -0.05) is 6.32 Å². The molecule has 1 atom stereocenters. The quantitative estimate of drug-likeness (QED) is 0.492. The molecule has 0 fully saturated rings. The van der Waals surface area contributed by atoms with Gasteiger partial charge in [0.15, 0.2) is 0 Å². The SMILES string of the molecule is BCCC(C)NC. The van der Waals surface area contributed by atoms with E-state index in [0.717, 1.165) is 0 Å². The molecular formula is C5H14BN. The first kappa shape index (κ1) is 7.02. The summed E-state index contributed by atoms with van der Waals surface area (Å²) in [5.74, 6) is 0. The zero-order chi connectivity index (χ0) is 5.70. The second kappa shape index (κ2) is 4.19.